The largest absolute Gasteiger partial charge is 0.172 e. The van der Waals surface area contributed by atoms with E-state index in [1.54, 1.807) is 22.7 Å². The zero-order chi connectivity index (χ0) is 30.7. The molecule has 8 heteroatoms. The van der Waals surface area contributed by atoms with Crippen LogP contribution in [0.4, 0.5) is 0 Å². The fraction of sp³-hybridized carbons (Fsp3) is 0.444. The van der Waals surface area contributed by atoms with Gasteiger partial charge in [0.2, 0.25) is 0 Å². The quantitative estimate of drug-likeness (QED) is 0.0826. The van der Waals surface area contributed by atoms with E-state index in [1.165, 1.54) is 131 Å². The van der Waals surface area contributed by atoms with Gasteiger partial charge in [0.15, 0.2) is 0 Å². The molecule has 1 aromatic carbocycles. The van der Waals surface area contributed by atoms with E-state index in [0.717, 1.165) is 24.5 Å². The number of benzene rings is 1. The van der Waals surface area contributed by atoms with Crippen LogP contribution >= 0.6 is 77.6 Å². The van der Waals surface area contributed by atoms with Gasteiger partial charge in [0.1, 0.15) is 11.0 Å². The third-order valence-corrected chi connectivity index (χ3v) is 13.4. The smallest absolute Gasteiger partial charge is 0.114 e. The molecule has 44 heavy (non-hydrogen) atoms. The zero-order valence-electron chi connectivity index (χ0n) is 25.7. The van der Waals surface area contributed by atoms with E-state index >= 15 is 0 Å². The monoisotopic (exact) mass is 788 g/mol. The van der Waals surface area contributed by atoms with E-state index < -0.39 is 0 Å². The number of aromatic nitrogens is 2. The minimum absolute atomic E-state index is 0.803. The predicted molar refractivity (Wildman–Crippen MR) is 207 cm³/mol. The normalized spacial score (nSPS) is 12.6. The first-order valence-corrected chi connectivity index (χ1v) is 20.9. The van der Waals surface area contributed by atoms with Crippen molar-refractivity contribution in [3.8, 4) is 20.9 Å². The van der Waals surface area contributed by atoms with Gasteiger partial charge in [-0.2, -0.15) is 8.75 Å². The highest BCUT2D eigenvalue weighted by molar-refractivity contribution is 9.12. The average molecular weight is 791 g/mol. The molecule has 0 saturated heterocycles. The molecule has 0 bridgehead atoms. The Labute approximate surface area is 296 Å². The van der Waals surface area contributed by atoms with Gasteiger partial charge in [0.05, 0.1) is 19.3 Å². The molecule has 0 aliphatic heterocycles. The summed E-state index contributed by atoms with van der Waals surface area (Å²) in [4.78, 5) is 5.29. The topological polar surface area (TPSA) is 25.8 Å². The number of halogens is 2. The molecule has 0 aliphatic rings. The molecule has 0 fully saturated rings. The summed E-state index contributed by atoms with van der Waals surface area (Å²) in [6, 6.07) is 15.8. The van der Waals surface area contributed by atoms with Crippen molar-refractivity contribution < 1.29 is 0 Å². The van der Waals surface area contributed by atoms with E-state index in [-0.39, 0.29) is 0 Å². The molecule has 0 radical (unpaired) electrons. The molecule has 4 heterocycles. The van der Waals surface area contributed by atoms with Gasteiger partial charge < -0.3 is 0 Å². The van der Waals surface area contributed by atoms with E-state index in [0.29, 0.717) is 0 Å². The first-order valence-electron chi connectivity index (χ1n) is 16.1. The molecule has 1 unspecified atom stereocenters. The summed E-state index contributed by atoms with van der Waals surface area (Å²) in [7, 11) is 0. The maximum Gasteiger partial charge on any atom is 0.114 e. The molecule has 234 valence electrons. The number of thiophene rings is 3. The fourth-order valence-corrected chi connectivity index (χ4v) is 11.2. The van der Waals surface area contributed by atoms with Crippen molar-refractivity contribution in [1.82, 2.24) is 8.75 Å². The second-order valence-corrected chi connectivity index (χ2v) is 18.2. The number of hydrogen-bond donors (Lipinski definition) is 0. The minimum Gasteiger partial charge on any atom is -0.172 e. The molecule has 0 N–H and O–H groups in total. The molecule has 0 aliphatic carbocycles. The first-order chi connectivity index (χ1) is 21.6. The standard InChI is InChI=1S/C36H42Br2N2S4/c1-3-5-7-9-10-12-14-25(13-11-8-6-4-2)23-28-18-22-32(42-28)30-20-19-29(34-35(30)40-44-39-34)31-21-17-27(41-31)16-15-26-24-33(37)43-36(26)38/h15-22,24-25H,3-14,23H2,1-2H3/b16-15+. The molecule has 1 atom stereocenters. The van der Waals surface area contributed by atoms with Crippen LogP contribution in [-0.4, -0.2) is 8.75 Å². The van der Waals surface area contributed by atoms with Crippen molar-refractivity contribution in [3.05, 3.63) is 65.4 Å². The Balaban J connectivity index is 1.28. The van der Waals surface area contributed by atoms with E-state index in [2.05, 4.69) is 100 Å². The van der Waals surface area contributed by atoms with Crippen LogP contribution in [0.1, 0.15) is 106 Å². The van der Waals surface area contributed by atoms with Crippen molar-refractivity contribution >= 4 is 101 Å². The molecular weight excluding hydrogens is 748 g/mol. The number of nitrogens with zero attached hydrogens (tertiary/aromatic N) is 2. The lowest BCUT2D eigenvalue weighted by Crippen LogP contribution is -2.04. The molecule has 5 aromatic rings. The van der Waals surface area contributed by atoms with Gasteiger partial charge >= 0.3 is 0 Å². The highest BCUT2D eigenvalue weighted by Crippen LogP contribution is 2.40. The molecule has 4 aromatic heterocycles. The summed E-state index contributed by atoms with van der Waals surface area (Å²) in [6.07, 6.45) is 22.1. The van der Waals surface area contributed by atoms with Crippen molar-refractivity contribution in [2.24, 2.45) is 5.92 Å². The van der Waals surface area contributed by atoms with Crippen LogP contribution in [0.3, 0.4) is 0 Å². The van der Waals surface area contributed by atoms with Crippen LogP contribution in [0.2, 0.25) is 0 Å². The lowest BCUT2D eigenvalue weighted by Gasteiger charge is -2.16. The Morgan fingerprint density at radius 3 is 1.95 bits per heavy atom. The maximum absolute atomic E-state index is 4.79. The molecule has 5 rings (SSSR count). The van der Waals surface area contributed by atoms with Gasteiger partial charge in [-0.1, -0.05) is 109 Å². The van der Waals surface area contributed by atoms with Gasteiger partial charge in [-0.3, -0.25) is 0 Å². The van der Waals surface area contributed by atoms with Gasteiger partial charge in [-0.05, 0) is 80.6 Å². The van der Waals surface area contributed by atoms with Crippen LogP contribution in [0.25, 0.3) is 44.1 Å². The summed E-state index contributed by atoms with van der Waals surface area (Å²) in [6.45, 7) is 4.61. The molecular formula is C36H42Br2N2S4. The van der Waals surface area contributed by atoms with Crippen LogP contribution in [-0.2, 0) is 6.42 Å². The molecule has 0 spiro atoms. The Morgan fingerprint density at radius 1 is 0.682 bits per heavy atom. The second kappa shape index (κ2) is 17.7. The average Bonchev–Trinajstić information content (AvgIpc) is 3.83. The van der Waals surface area contributed by atoms with Gasteiger partial charge in [-0.25, -0.2) is 0 Å². The number of rotatable bonds is 18. The van der Waals surface area contributed by atoms with E-state index in [9.17, 15) is 0 Å². The van der Waals surface area contributed by atoms with Gasteiger partial charge in [0, 0.05) is 36.2 Å². The molecule has 2 nitrogen and oxygen atoms in total. The van der Waals surface area contributed by atoms with Crippen molar-refractivity contribution in [1.29, 1.82) is 0 Å². The summed E-state index contributed by atoms with van der Waals surface area (Å²) in [5, 5.41) is 0. The van der Waals surface area contributed by atoms with Crippen molar-refractivity contribution in [2.45, 2.75) is 97.3 Å². The zero-order valence-corrected chi connectivity index (χ0v) is 32.2. The van der Waals surface area contributed by atoms with E-state index in [1.807, 2.05) is 11.3 Å². The number of hydrogen-bond acceptors (Lipinski definition) is 6. The number of fused-ring (bicyclic) bond motifs is 1. The van der Waals surface area contributed by atoms with Crippen LogP contribution in [0.5, 0.6) is 0 Å². The van der Waals surface area contributed by atoms with Gasteiger partial charge in [0.25, 0.3) is 0 Å². The third kappa shape index (κ3) is 9.45. The van der Waals surface area contributed by atoms with E-state index in [4.69, 9.17) is 8.75 Å². The summed E-state index contributed by atoms with van der Waals surface area (Å²) < 4.78 is 11.8. The fourth-order valence-electron chi connectivity index (χ4n) is 5.83. The lowest BCUT2D eigenvalue weighted by atomic mass is 9.91. The summed E-state index contributed by atoms with van der Waals surface area (Å²) in [5.74, 6) is 0.803. The van der Waals surface area contributed by atoms with Crippen LogP contribution in [0, 0.1) is 5.92 Å². The second-order valence-electron chi connectivity index (χ2n) is 11.7. The number of unbranched alkanes of at least 4 members (excludes halogenated alkanes) is 8. The lowest BCUT2D eigenvalue weighted by molar-refractivity contribution is 0.404. The summed E-state index contributed by atoms with van der Waals surface area (Å²) >= 11 is 14.0. The Kier molecular flexibility index (Phi) is 13.7. The predicted octanol–water partition coefficient (Wildman–Crippen LogP) is 14.8. The minimum atomic E-state index is 0.803. The first kappa shape index (κ1) is 34.2. The molecule has 0 amide bonds. The Bertz CT molecular complexity index is 1630. The van der Waals surface area contributed by atoms with Crippen molar-refractivity contribution in [3.63, 3.8) is 0 Å². The molecule has 0 saturated carbocycles. The van der Waals surface area contributed by atoms with Gasteiger partial charge in [-0.15, -0.1) is 34.0 Å². The van der Waals surface area contributed by atoms with Crippen LogP contribution < -0.4 is 0 Å². The summed E-state index contributed by atoms with van der Waals surface area (Å²) in [5.41, 5.74) is 5.62. The SMILES string of the molecule is CCCCCCCCC(CCCCCC)Cc1ccc(-c2ccc(-c3ccc(/C=C/c4cc(Br)sc4Br)s3)c3nsnc23)s1. The maximum atomic E-state index is 4.79. The highest BCUT2D eigenvalue weighted by atomic mass is 79.9. The highest BCUT2D eigenvalue weighted by Gasteiger charge is 2.17. The third-order valence-electron chi connectivity index (χ3n) is 8.27. The Morgan fingerprint density at radius 2 is 1.30 bits per heavy atom. The van der Waals surface area contributed by atoms with Crippen LogP contribution in [0.15, 0.2) is 50.0 Å². The van der Waals surface area contributed by atoms with Crippen molar-refractivity contribution in [2.75, 3.05) is 0 Å². The Hall–Kier alpha value is -1.16.